The zero-order valence-electron chi connectivity index (χ0n) is 34.7. The molecule has 10 aromatic carbocycles. The molecule has 0 aliphatic rings. The van der Waals surface area contributed by atoms with Crippen molar-refractivity contribution in [1.29, 1.82) is 0 Å². The van der Waals surface area contributed by atoms with E-state index in [0.29, 0.717) is 0 Å². The molecule has 0 fully saturated rings. The third-order valence-corrected chi connectivity index (χ3v) is 17.2. The quantitative estimate of drug-likeness (QED) is 0.167. The summed E-state index contributed by atoms with van der Waals surface area (Å²) in [6.45, 7) is 0. The van der Waals surface area contributed by atoms with Crippen LogP contribution in [0.5, 0.6) is 0 Å². The maximum atomic E-state index is 2.46. The lowest BCUT2D eigenvalue weighted by Crippen LogP contribution is -1.93. The maximum absolute atomic E-state index is 2.46. The third-order valence-electron chi connectivity index (χ3n) is 13.7. The summed E-state index contributed by atoms with van der Waals surface area (Å²) in [5, 5.41) is 12.9. The van der Waals surface area contributed by atoms with E-state index in [1.807, 2.05) is 34.0 Å². The predicted molar refractivity (Wildman–Crippen MR) is 285 cm³/mol. The summed E-state index contributed by atoms with van der Waals surface area (Å²) < 4.78 is 12.8. The van der Waals surface area contributed by atoms with Crippen LogP contribution >= 0.6 is 34.0 Å². The third kappa shape index (κ3) is 5.26. The van der Waals surface area contributed by atoms with Crippen LogP contribution in [0.25, 0.3) is 138 Å². The summed E-state index contributed by atoms with van der Waals surface area (Å²) in [5.41, 5.74) is 12.2. The zero-order valence-corrected chi connectivity index (χ0v) is 37.2. The van der Waals surface area contributed by atoms with E-state index in [-0.39, 0.29) is 0 Å². The topological polar surface area (TPSA) is 9.86 Å². The molecule has 5 aromatic heterocycles. The Morgan fingerprint density at radius 2 is 0.523 bits per heavy atom. The van der Waals surface area contributed by atoms with Gasteiger partial charge in [0.05, 0.1) is 22.1 Å². The molecule has 5 heteroatoms. The van der Waals surface area contributed by atoms with E-state index in [1.165, 1.54) is 138 Å². The summed E-state index contributed by atoms with van der Waals surface area (Å²) in [5.74, 6) is 0. The normalized spacial score (nSPS) is 12.3. The number of hydrogen-bond donors (Lipinski definition) is 0. The number of thiophene rings is 3. The molecule has 5 heterocycles. The van der Waals surface area contributed by atoms with Crippen molar-refractivity contribution in [3.63, 3.8) is 0 Å². The largest absolute Gasteiger partial charge is 0.309 e. The van der Waals surface area contributed by atoms with Gasteiger partial charge in [0.1, 0.15) is 0 Å². The molecule has 302 valence electrons. The second-order valence-corrected chi connectivity index (χ2v) is 20.5. The van der Waals surface area contributed by atoms with Gasteiger partial charge in [-0.15, -0.1) is 34.0 Å². The van der Waals surface area contributed by atoms with Gasteiger partial charge in [-0.1, -0.05) is 97.1 Å². The minimum Gasteiger partial charge on any atom is -0.309 e. The van der Waals surface area contributed by atoms with Gasteiger partial charge in [-0.05, 0) is 131 Å². The molecular weight excluding hydrogens is 845 g/mol. The van der Waals surface area contributed by atoms with Crippen LogP contribution in [0.15, 0.2) is 206 Å². The number of aromatic nitrogens is 2. The first-order chi connectivity index (χ1) is 32.2. The molecule has 65 heavy (non-hydrogen) atoms. The number of hydrogen-bond acceptors (Lipinski definition) is 3. The Hall–Kier alpha value is -7.54. The van der Waals surface area contributed by atoms with Gasteiger partial charge < -0.3 is 9.13 Å². The van der Waals surface area contributed by atoms with Gasteiger partial charge in [-0.25, -0.2) is 0 Å². The van der Waals surface area contributed by atoms with Crippen molar-refractivity contribution in [1.82, 2.24) is 9.13 Å². The first kappa shape index (κ1) is 35.9. The molecular formula is C60H34N2S3. The van der Waals surface area contributed by atoms with Crippen LogP contribution in [-0.4, -0.2) is 9.13 Å². The number of benzene rings is 10. The monoisotopic (exact) mass is 878 g/mol. The van der Waals surface area contributed by atoms with Crippen LogP contribution in [-0.2, 0) is 0 Å². The van der Waals surface area contributed by atoms with Crippen LogP contribution in [0.1, 0.15) is 0 Å². The van der Waals surface area contributed by atoms with Crippen LogP contribution in [0.2, 0.25) is 0 Å². The Morgan fingerprint density at radius 1 is 0.215 bits per heavy atom. The van der Waals surface area contributed by atoms with E-state index < -0.39 is 0 Å². The summed E-state index contributed by atoms with van der Waals surface area (Å²) >= 11 is 5.62. The average molecular weight is 879 g/mol. The van der Waals surface area contributed by atoms with Gasteiger partial charge >= 0.3 is 0 Å². The van der Waals surface area contributed by atoms with Gasteiger partial charge in [-0.2, -0.15) is 0 Å². The van der Waals surface area contributed by atoms with E-state index in [1.54, 1.807) is 0 Å². The highest BCUT2D eigenvalue weighted by molar-refractivity contribution is 7.26. The molecule has 0 aliphatic carbocycles. The number of para-hydroxylation sites is 2. The summed E-state index contributed by atoms with van der Waals surface area (Å²) in [6.07, 6.45) is 0. The van der Waals surface area contributed by atoms with E-state index in [4.69, 9.17) is 0 Å². The fourth-order valence-corrected chi connectivity index (χ4v) is 13.9. The summed E-state index contributed by atoms with van der Waals surface area (Å²) in [6, 6.07) is 77.3. The number of fused-ring (bicyclic) bond motifs is 15. The summed E-state index contributed by atoms with van der Waals surface area (Å²) in [7, 11) is 0. The van der Waals surface area contributed by atoms with Crippen molar-refractivity contribution in [3.8, 4) is 33.6 Å². The smallest absolute Gasteiger partial charge is 0.0541 e. The van der Waals surface area contributed by atoms with Crippen molar-refractivity contribution in [2.45, 2.75) is 0 Å². The van der Waals surface area contributed by atoms with Gasteiger partial charge in [0.15, 0.2) is 0 Å². The van der Waals surface area contributed by atoms with E-state index in [0.717, 1.165) is 0 Å². The van der Waals surface area contributed by atoms with Crippen molar-refractivity contribution in [3.05, 3.63) is 206 Å². The van der Waals surface area contributed by atoms with Gasteiger partial charge in [0, 0.05) is 93.4 Å². The maximum Gasteiger partial charge on any atom is 0.0541 e. The molecule has 0 atom stereocenters. The van der Waals surface area contributed by atoms with Crippen molar-refractivity contribution in [2.75, 3.05) is 0 Å². The highest BCUT2D eigenvalue weighted by atomic mass is 32.1. The van der Waals surface area contributed by atoms with Gasteiger partial charge in [0.25, 0.3) is 0 Å². The van der Waals surface area contributed by atoms with Crippen molar-refractivity contribution >= 4 is 138 Å². The fraction of sp³-hybridized carbons (Fsp3) is 0. The molecule has 0 aliphatic heterocycles. The SMILES string of the molecule is c1ccc2c(c1)sc1ccc(-c3ccc4sc5ccc(-n6c7ccccc7c7cc(-c8ccc9c(c8)c8ccccc8n9-c8ccc9sc%10ccccc%10c9c8)ccc76)cc5c4c3)cc12. The van der Waals surface area contributed by atoms with Gasteiger partial charge in [-0.3, -0.25) is 0 Å². The zero-order chi connectivity index (χ0) is 42.3. The molecule has 0 unspecified atom stereocenters. The van der Waals surface area contributed by atoms with Crippen LogP contribution in [0.4, 0.5) is 0 Å². The molecule has 2 nitrogen and oxygen atoms in total. The molecule has 0 saturated heterocycles. The Bertz CT molecular complexity index is 4490. The Kier molecular flexibility index (Phi) is 7.44. The lowest BCUT2D eigenvalue weighted by atomic mass is 10.0. The first-order valence-corrected chi connectivity index (χ1v) is 24.5. The van der Waals surface area contributed by atoms with Crippen LogP contribution < -0.4 is 0 Å². The molecule has 15 aromatic rings. The minimum atomic E-state index is 1.18. The fourth-order valence-electron chi connectivity index (χ4n) is 10.7. The highest BCUT2D eigenvalue weighted by Crippen LogP contribution is 2.43. The molecule has 0 spiro atoms. The van der Waals surface area contributed by atoms with Crippen LogP contribution in [0, 0.1) is 0 Å². The second kappa shape index (κ2) is 13.5. The minimum absolute atomic E-state index is 1.18. The van der Waals surface area contributed by atoms with E-state index >= 15 is 0 Å². The molecule has 0 saturated carbocycles. The number of nitrogens with zero attached hydrogens (tertiary/aromatic N) is 2. The second-order valence-electron chi connectivity index (χ2n) is 17.3. The lowest BCUT2D eigenvalue weighted by molar-refractivity contribution is 1.19. The lowest BCUT2D eigenvalue weighted by Gasteiger charge is -2.10. The predicted octanol–water partition coefficient (Wildman–Crippen LogP) is 18.3. The first-order valence-electron chi connectivity index (χ1n) is 22.1. The van der Waals surface area contributed by atoms with E-state index in [2.05, 4.69) is 215 Å². The standard InChI is InChI=1S/C60H34N2S3/c1-5-13-51-41(9-1)45-29-35(17-23-53(45)61(51)39-21-27-59-49(33-39)44-12-4-8-16-56(44)64-59)36-18-24-54-46(30-36)42-10-2-6-14-52(42)62(54)40-22-28-60-50(34-40)48-32-38(20-26-58(48)65-60)37-19-25-57-47(31-37)43-11-3-7-15-55(43)63-57/h1-34H. The van der Waals surface area contributed by atoms with Crippen molar-refractivity contribution < 1.29 is 0 Å². The summed E-state index contributed by atoms with van der Waals surface area (Å²) in [4.78, 5) is 0. The number of rotatable bonds is 4. The molecule has 0 N–H and O–H groups in total. The average Bonchev–Trinajstić information content (AvgIpc) is 4.17. The highest BCUT2D eigenvalue weighted by Gasteiger charge is 2.18. The Labute approximate surface area is 384 Å². The molecule has 0 bridgehead atoms. The van der Waals surface area contributed by atoms with Gasteiger partial charge in [0.2, 0.25) is 0 Å². The Balaban J connectivity index is 0.853. The Morgan fingerprint density at radius 3 is 1.00 bits per heavy atom. The van der Waals surface area contributed by atoms with E-state index in [9.17, 15) is 0 Å². The molecule has 0 amide bonds. The molecule has 0 radical (unpaired) electrons. The van der Waals surface area contributed by atoms with Crippen LogP contribution in [0.3, 0.4) is 0 Å². The van der Waals surface area contributed by atoms with Crippen molar-refractivity contribution in [2.24, 2.45) is 0 Å². The molecule has 15 rings (SSSR count).